The lowest BCUT2D eigenvalue weighted by molar-refractivity contribution is -0.887. The molecule has 0 aromatic heterocycles. The molecule has 0 aromatic carbocycles. The van der Waals surface area contributed by atoms with Gasteiger partial charge in [-0.3, -0.25) is 9.59 Å². The molecule has 0 spiro atoms. The lowest BCUT2D eigenvalue weighted by Crippen LogP contribution is -2.50. The van der Waals surface area contributed by atoms with Crippen LogP contribution in [0.2, 0.25) is 0 Å². The zero-order valence-corrected chi connectivity index (χ0v) is 39.4. The molecule has 0 bridgehead atoms. The van der Waals surface area contributed by atoms with Crippen LogP contribution in [0.3, 0.4) is 0 Å². The Bertz CT molecular complexity index is 1170. The topological polar surface area (TPSA) is 99.1 Å². The molecule has 0 aliphatic carbocycles. The predicted octanol–water partition coefficient (Wildman–Crippen LogP) is 13.8. The maximum absolute atomic E-state index is 12.8. The summed E-state index contributed by atoms with van der Waals surface area (Å²) >= 11 is 0. The standard InChI is InChI=1S/C52H91NO7/c1-6-8-10-12-14-16-18-20-22-24-25-26-27-29-31-33-35-37-39-41-43-51(55)60-48(46-58-45-44-49(52(56)57)53(3,4)5)47-59-50(54)42-40-38-36-34-32-30-28-23-21-19-17-15-13-11-9-7-2/h8,10,14,16,20,22,25-26,29,31,48-49H,6-7,9,11-13,15,17-19,21,23-24,27-28,30,32-47H2,1-5H3/p+1/b10-8+,16-14+,22-20+,26-25+,31-29+. The van der Waals surface area contributed by atoms with E-state index in [1.165, 1.54) is 83.5 Å². The van der Waals surface area contributed by atoms with Gasteiger partial charge < -0.3 is 23.8 Å². The Labute approximate surface area is 368 Å². The van der Waals surface area contributed by atoms with Crippen LogP contribution in [-0.4, -0.2) is 80.6 Å². The number of rotatable bonds is 43. The van der Waals surface area contributed by atoms with Crippen molar-refractivity contribution in [3.63, 3.8) is 0 Å². The maximum atomic E-state index is 12.8. The van der Waals surface area contributed by atoms with Gasteiger partial charge in [-0.1, -0.05) is 184 Å². The first-order valence-electron chi connectivity index (χ1n) is 24.3. The molecule has 0 aliphatic heterocycles. The first kappa shape index (κ1) is 57.0. The van der Waals surface area contributed by atoms with E-state index in [0.717, 1.165) is 83.5 Å². The SMILES string of the molecule is CC/C=C/C/C=C/C/C=C/C/C=C/C/C=C/CCCCCCC(=O)OC(COCCC(C(=O)O)[N+](C)(C)C)COC(=O)CCCCCCCCCCCCCCCCCC. The monoisotopic (exact) mass is 843 g/mol. The molecule has 1 N–H and O–H groups in total. The molecule has 0 aliphatic rings. The summed E-state index contributed by atoms with van der Waals surface area (Å²) in [7, 11) is 5.52. The van der Waals surface area contributed by atoms with Crippen LogP contribution in [0.1, 0.15) is 200 Å². The van der Waals surface area contributed by atoms with E-state index in [2.05, 4.69) is 74.6 Å². The summed E-state index contributed by atoms with van der Waals surface area (Å²) in [5.41, 5.74) is 0. The molecule has 0 saturated heterocycles. The number of nitrogens with zero attached hydrogens (tertiary/aromatic N) is 1. The van der Waals surface area contributed by atoms with Crippen LogP contribution in [0, 0.1) is 0 Å². The van der Waals surface area contributed by atoms with Gasteiger partial charge in [-0.25, -0.2) is 4.79 Å². The second kappa shape index (κ2) is 42.7. The van der Waals surface area contributed by atoms with Crippen molar-refractivity contribution in [1.82, 2.24) is 0 Å². The average Bonchev–Trinajstić information content (AvgIpc) is 3.21. The number of esters is 2. The summed E-state index contributed by atoms with van der Waals surface area (Å²) in [6, 6.07) is -0.621. The molecular formula is C52H92NO7+. The third-order valence-electron chi connectivity index (χ3n) is 10.7. The van der Waals surface area contributed by atoms with Crippen LogP contribution < -0.4 is 0 Å². The molecule has 8 heteroatoms. The Hall–Kier alpha value is -2.97. The van der Waals surface area contributed by atoms with E-state index in [1.54, 1.807) is 0 Å². The molecule has 346 valence electrons. The summed E-state index contributed by atoms with van der Waals surface area (Å²) in [4.78, 5) is 37.1. The Balaban J connectivity index is 4.34. The summed E-state index contributed by atoms with van der Waals surface area (Å²) in [5.74, 6) is -1.50. The summed E-state index contributed by atoms with van der Waals surface area (Å²) in [6.07, 6.45) is 52.6. The first-order valence-corrected chi connectivity index (χ1v) is 24.3. The smallest absolute Gasteiger partial charge is 0.362 e. The van der Waals surface area contributed by atoms with Gasteiger partial charge in [0.25, 0.3) is 0 Å². The summed E-state index contributed by atoms with van der Waals surface area (Å²) in [5, 5.41) is 9.64. The van der Waals surface area contributed by atoms with Crippen LogP contribution in [0.25, 0.3) is 0 Å². The summed E-state index contributed by atoms with van der Waals surface area (Å²) in [6.45, 7) is 4.61. The number of carboxylic acid groups (broad SMARTS) is 1. The third-order valence-corrected chi connectivity index (χ3v) is 10.7. The highest BCUT2D eigenvalue weighted by Gasteiger charge is 2.31. The number of aliphatic carboxylic acids is 1. The lowest BCUT2D eigenvalue weighted by Gasteiger charge is -2.31. The molecule has 0 rings (SSSR count). The van der Waals surface area contributed by atoms with Gasteiger partial charge in [0.1, 0.15) is 6.61 Å². The Morgan fingerprint density at radius 3 is 1.38 bits per heavy atom. The fourth-order valence-electron chi connectivity index (χ4n) is 6.94. The van der Waals surface area contributed by atoms with Crippen LogP contribution in [-0.2, 0) is 28.6 Å². The summed E-state index contributed by atoms with van der Waals surface area (Å²) < 4.78 is 17.3. The van der Waals surface area contributed by atoms with Gasteiger partial charge in [-0.15, -0.1) is 0 Å². The number of carboxylic acids is 1. The van der Waals surface area contributed by atoms with E-state index in [4.69, 9.17) is 14.2 Å². The van der Waals surface area contributed by atoms with Gasteiger partial charge in [0, 0.05) is 19.3 Å². The van der Waals surface area contributed by atoms with Crippen molar-refractivity contribution in [3.05, 3.63) is 60.8 Å². The molecule has 2 unspecified atom stereocenters. The molecule has 8 nitrogen and oxygen atoms in total. The Kier molecular flexibility index (Phi) is 40.6. The van der Waals surface area contributed by atoms with Crippen molar-refractivity contribution in [2.24, 2.45) is 0 Å². The molecule has 0 saturated carbocycles. The zero-order valence-electron chi connectivity index (χ0n) is 39.4. The van der Waals surface area contributed by atoms with E-state index in [-0.39, 0.29) is 36.2 Å². The molecule has 0 fully saturated rings. The fourth-order valence-corrected chi connectivity index (χ4v) is 6.94. The number of carbonyl (C=O) groups is 3. The molecule has 60 heavy (non-hydrogen) atoms. The largest absolute Gasteiger partial charge is 0.477 e. The van der Waals surface area contributed by atoms with E-state index in [0.29, 0.717) is 19.3 Å². The minimum atomic E-state index is -0.880. The second-order valence-electron chi connectivity index (χ2n) is 17.3. The maximum Gasteiger partial charge on any atom is 0.362 e. The number of quaternary nitrogens is 1. The van der Waals surface area contributed by atoms with E-state index >= 15 is 0 Å². The van der Waals surface area contributed by atoms with Gasteiger partial charge in [0.15, 0.2) is 12.1 Å². The van der Waals surface area contributed by atoms with E-state index in [1.807, 2.05) is 21.1 Å². The van der Waals surface area contributed by atoms with E-state index < -0.39 is 18.1 Å². The number of likely N-dealkylation sites (N-methyl/N-ethyl adjacent to an activating group) is 1. The van der Waals surface area contributed by atoms with Gasteiger partial charge in [0.05, 0.1) is 34.4 Å². The molecule has 0 aromatic rings. The van der Waals surface area contributed by atoms with Crippen molar-refractivity contribution in [2.45, 2.75) is 212 Å². The molecule has 0 amide bonds. The van der Waals surface area contributed by atoms with Crippen LogP contribution in [0.15, 0.2) is 60.8 Å². The highest BCUT2D eigenvalue weighted by atomic mass is 16.6. The number of allylic oxidation sites excluding steroid dienone is 10. The highest BCUT2D eigenvalue weighted by Crippen LogP contribution is 2.15. The van der Waals surface area contributed by atoms with Gasteiger partial charge in [-0.2, -0.15) is 0 Å². The number of hydrogen-bond acceptors (Lipinski definition) is 6. The van der Waals surface area contributed by atoms with Crippen LogP contribution in [0.4, 0.5) is 0 Å². The quantitative estimate of drug-likeness (QED) is 0.0282. The minimum absolute atomic E-state index is 0.0504. The van der Waals surface area contributed by atoms with Crippen molar-refractivity contribution < 1.29 is 38.2 Å². The number of hydrogen-bond donors (Lipinski definition) is 1. The zero-order chi connectivity index (χ0) is 44.2. The normalized spacial score (nSPS) is 13.4. The van der Waals surface area contributed by atoms with E-state index in [9.17, 15) is 19.5 Å². The van der Waals surface area contributed by atoms with Crippen molar-refractivity contribution in [3.8, 4) is 0 Å². The molecule has 0 radical (unpaired) electrons. The van der Waals surface area contributed by atoms with Crippen LogP contribution in [0.5, 0.6) is 0 Å². The van der Waals surface area contributed by atoms with Crippen molar-refractivity contribution in [1.29, 1.82) is 0 Å². The van der Waals surface area contributed by atoms with Crippen molar-refractivity contribution in [2.75, 3.05) is 41.0 Å². The minimum Gasteiger partial charge on any atom is -0.477 e. The van der Waals surface area contributed by atoms with Gasteiger partial charge >= 0.3 is 17.9 Å². The predicted molar refractivity (Wildman–Crippen MR) is 252 cm³/mol. The Morgan fingerprint density at radius 2 is 0.933 bits per heavy atom. The van der Waals surface area contributed by atoms with Crippen LogP contribution >= 0.6 is 0 Å². The number of unbranched alkanes of at least 4 members (excludes halogenated alkanes) is 19. The molecule has 0 heterocycles. The fraction of sp³-hybridized carbons (Fsp3) is 0.750. The third kappa shape index (κ3) is 40.4. The Morgan fingerprint density at radius 1 is 0.517 bits per heavy atom. The first-order chi connectivity index (χ1) is 29.1. The second-order valence-corrected chi connectivity index (χ2v) is 17.3. The molecule has 2 atom stereocenters. The average molecular weight is 843 g/mol. The number of ether oxygens (including phenoxy) is 3. The highest BCUT2D eigenvalue weighted by molar-refractivity contribution is 5.72. The van der Waals surface area contributed by atoms with Crippen molar-refractivity contribution >= 4 is 17.9 Å². The van der Waals surface area contributed by atoms with Gasteiger partial charge in [-0.05, 0) is 57.8 Å². The number of carbonyl (C=O) groups excluding carboxylic acids is 2. The van der Waals surface area contributed by atoms with Gasteiger partial charge in [0.2, 0.25) is 0 Å². The lowest BCUT2D eigenvalue weighted by atomic mass is 10.0. The molecular weight excluding hydrogens is 751 g/mol.